The van der Waals surface area contributed by atoms with E-state index in [1.807, 2.05) is 6.07 Å². The number of aryl methyl sites for hydroxylation is 1. The molecule has 2 N–H and O–H groups in total. The number of hydrogen-bond donors (Lipinski definition) is 2. The maximum absolute atomic E-state index is 10.2. The Labute approximate surface area is 114 Å². The third kappa shape index (κ3) is 2.63. The molecule has 0 spiro atoms. The molecule has 1 saturated heterocycles. The Kier molecular flexibility index (Phi) is 4.15. The van der Waals surface area contributed by atoms with Crippen LogP contribution in [0.2, 0.25) is 0 Å². The highest BCUT2D eigenvalue weighted by Crippen LogP contribution is 2.31. The third-order valence-electron chi connectivity index (χ3n) is 3.82. The molecule has 3 nitrogen and oxygen atoms in total. The molecule has 1 atom stereocenters. The van der Waals surface area contributed by atoms with E-state index in [9.17, 15) is 5.11 Å². The number of aliphatic hydroxyl groups is 1. The van der Waals surface area contributed by atoms with E-state index in [0.29, 0.717) is 13.2 Å². The Morgan fingerprint density at radius 2 is 2.22 bits per heavy atom. The fourth-order valence-electron chi connectivity index (χ4n) is 2.79. The van der Waals surface area contributed by atoms with E-state index in [2.05, 4.69) is 17.4 Å². The molecule has 100 valence electrons. The molecule has 3 rings (SSSR count). The summed E-state index contributed by atoms with van der Waals surface area (Å²) < 4.78 is 5.85. The second-order valence-electron chi connectivity index (χ2n) is 5.19. The quantitative estimate of drug-likeness (QED) is 0.878. The lowest BCUT2D eigenvalue weighted by Crippen LogP contribution is -2.38. The van der Waals surface area contributed by atoms with Gasteiger partial charge in [-0.3, -0.25) is 0 Å². The van der Waals surface area contributed by atoms with Crippen LogP contribution in [0.25, 0.3) is 0 Å². The van der Waals surface area contributed by atoms with E-state index in [1.165, 1.54) is 24.0 Å². The van der Waals surface area contributed by atoms with E-state index in [1.54, 1.807) is 0 Å². The van der Waals surface area contributed by atoms with Crippen molar-refractivity contribution in [3.8, 4) is 5.75 Å². The number of ether oxygens (including phenoxy) is 1. The second kappa shape index (κ2) is 5.47. The van der Waals surface area contributed by atoms with Crippen molar-refractivity contribution in [1.29, 1.82) is 0 Å². The van der Waals surface area contributed by atoms with Gasteiger partial charge in [0.25, 0.3) is 0 Å². The molecule has 1 aromatic carbocycles. The van der Waals surface area contributed by atoms with Crippen LogP contribution in [-0.2, 0) is 12.8 Å². The summed E-state index contributed by atoms with van der Waals surface area (Å²) in [5.74, 6) is 0.973. The van der Waals surface area contributed by atoms with Gasteiger partial charge in [-0.05, 0) is 49.4 Å². The number of rotatable bonds is 3. The predicted octanol–water partition coefficient (Wildman–Crippen LogP) is 1.70. The summed E-state index contributed by atoms with van der Waals surface area (Å²) in [6.45, 7) is 1.92. The molecule has 0 amide bonds. The first-order chi connectivity index (χ1) is 8.27. The molecule has 18 heavy (non-hydrogen) atoms. The van der Waals surface area contributed by atoms with Crippen LogP contribution in [-0.4, -0.2) is 30.4 Å². The van der Waals surface area contributed by atoms with Crippen LogP contribution < -0.4 is 10.1 Å². The van der Waals surface area contributed by atoms with Gasteiger partial charge in [-0.2, -0.15) is 0 Å². The molecular weight excluding hydrogens is 250 g/mol. The van der Waals surface area contributed by atoms with Gasteiger partial charge in [-0.25, -0.2) is 0 Å². The number of nitrogens with one attached hydrogen (secondary N) is 1. The zero-order valence-electron chi connectivity index (χ0n) is 10.4. The molecule has 1 fully saturated rings. The van der Waals surface area contributed by atoms with E-state index < -0.39 is 5.60 Å². The van der Waals surface area contributed by atoms with Gasteiger partial charge < -0.3 is 15.2 Å². The summed E-state index contributed by atoms with van der Waals surface area (Å²) in [4.78, 5) is 0. The van der Waals surface area contributed by atoms with E-state index in [4.69, 9.17) is 4.74 Å². The lowest BCUT2D eigenvalue weighted by atomic mass is 10.1. The maximum Gasteiger partial charge on any atom is 0.122 e. The van der Waals surface area contributed by atoms with Crippen molar-refractivity contribution in [3.63, 3.8) is 0 Å². The standard InChI is InChI=1S/C14H19NO2.ClH/c16-14(7-8-15-9-14)10-17-13-6-2-4-11-3-1-5-12(11)13;/h2,4,6,15-16H,1,3,5,7-10H2;1H. The molecule has 1 aliphatic carbocycles. The normalized spacial score (nSPS) is 25.6. The fourth-order valence-corrected chi connectivity index (χ4v) is 2.79. The number of hydrogen-bond acceptors (Lipinski definition) is 3. The Hall–Kier alpha value is -0.770. The van der Waals surface area contributed by atoms with E-state index >= 15 is 0 Å². The average molecular weight is 270 g/mol. The van der Waals surface area contributed by atoms with Gasteiger partial charge in [0.2, 0.25) is 0 Å². The van der Waals surface area contributed by atoms with E-state index in [0.717, 1.165) is 25.1 Å². The number of fused-ring (bicyclic) bond motifs is 1. The topological polar surface area (TPSA) is 41.5 Å². The Balaban J connectivity index is 0.00000120. The Bertz CT molecular complexity index is 416. The van der Waals surface area contributed by atoms with Crippen molar-refractivity contribution in [2.75, 3.05) is 19.7 Å². The summed E-state index contributed by atoms with van der Waals surface area (Å²) in [5.41, 5.74) is 2.09. The number of β-amino-alcohol motifs (C(OH)–C–C–N with tert-alkyl or cyclic N) is 1. The van der Waals surface area contributed by atoms with Crippen molar-refractivity contribution in [3.05, 3.63) is 29.3 Å². The number of halogens is 1. The smallest absolute Gasteiger partial charge is 0.122 e. The summed E-state index contributed by atoms with van der Waals surface area (Å²) in [6, 6.07) is 6.26. The summed E-state index contributed by atoms with van der Waals surface area (Å²) in [6.07, 6.45) is 4.28. The second-order valence-corrected chi connectivity index (χ2v) is 5.19. The van der Waals surface area contributed by atoms with Crippen LogP contribution >= 0.6 is 12.4 Å². The summed E-state index contributed by atoms with van der Waals surface area (Å²) >= 11 is 0. The minimum absolute atomic E-state index is 0. The number of benzene rings is 1. The van der Waals surface area contributed by atoms with Crippen molar-refractivity contribution in [2.45, 2.75) is 31.3 Å². The molecule has 4 heteroatoms. The van der Waals surface area contributed by atoms with Gasteiger partial charge in [0.15, 0.2) is 0 Å². The fraction of sp³-hybridized carbons (Fsp3) is 0.571. The molecular formula is C14H20ClNO2. The third-order valence-corrected chi connectivity index (χ3v) is 3.82. The first-order valence-electron chi connectivity index (χ1n) is 6.44. The van der Waals surface area contributed by atoms with Crippen LogP contribution in [0.4, 0.5) is 0 Å². The Morgan fingerprint density at radius 1 is 1.33 bits per heavy atom. The maximum atomic E-state index is 10.2. The highest BCUT2D eigenvalue weighted by molar-refractivity contribution is 5.85. The minimum Gasteiger partial charge on any atom is -0.490 e. The average Bonchev–Trinajstić information content (AvgIpc) is 2.95. The van der Waals surface area contributed by atoms with Crippen molar-refractivity contribution >= 4 is 12.4 Å². The molecule has 0 radical (unpaired) electrons. The largest absolute Gasteiger partial charge is 0.490 e. The SMILES string of the molecule is Cl.OC1(COc2cccc3c2CCC3)CCNC1. The molecule has 0 bridgehead atoms. The molecule has 1 aliphatic heterocycles. The van der Waals surface area contributed by atoms with Crippen molar-refractivity contribution < 1.29 is 9.84 Å². The molecule has 0 saturated carbocycles. The van der Waals surface area contributed by atoms with E-state index in [-0.39, 0.29) is 12.4 Å². The summed E-state index contributed by atoms with van der Waals surface area (Å²) in [5, 5.41) is 13.4. The van der Waals surface area contributed by atoms with Gasteiger partial charge in [-0.1, -0.05) is 12.1 Å². The molecule has 2 aliphatic rings. The van der Waals surface area contributed by atoms with Gasteiger partial charge in [-0.15, -0.1) is 12.4 Å². The highest BCUT2D eigenvalue weighted by Gasteiger charge is 2.32. The van der Waals surface area contributed by atoms with Crippen LogP contribution in [0.3, 0.4) is 0 Å². The van der Waals surface area contributed by atoms with Crippen LogP contribution in [0.15, 0.2) is 18.2 Å². The molecule has 0 aromatic heterocycles. The first-order valence-corrected chi connectivity index (χ1v) is 6.44. The molecule has 1 unspecified atom stereocenters. The lowest BCUT2D eigenvalue weighted by Gasteiger charge is -2.22. The van der Waals surface area contributed by atoms with Crippen LogP contribution in [0.5, 0.6) is 5.75 Å². The highest BCUT2D eigenvalue weighted by atomic mass is 35.5. The Morgan fingerprint density at radius 3 is 3.00 bits per heavy atom. The van der Waals surface area contributed by atoms with Gasteiger partial charge >= 0.3 is 0 Å². The molecule has 1 heterocycles. The van der Waals surface area contributed by atoms with Crippen LogP contribution in [0, 0.1) is 0 Å². The minimum atomic E-state index is -0.679. The monoisotopic (exact) mass is 269 g/mol. The lowest BCUT2D eigenvalue weighted by molar-refractivity contribution is 0.0127. The van der Waals surface area contributed by atoms with Crippen molar-refractivity contribution in [2.24, 2.45) is 0 Å². The molecule has 1 aromatic rings. The van der Waals surface area contributed by atoms with Gasteiger partial charge in [0.1, 0.15) is 18.0 Å². The summed E-state index contributed by atoms with van der Waals surface area (Å²) in [7, 11) is 0. The van der Waals surface area contributed by atoms with Gasteiger partial charge in [0, 0.05) is 6.54 Å². The zero-order chi connectivity index (χ0) is 11.7. The van der Waals surface area contributed by atoms with Crippen molar-refractivity contribution in [1.82, 2.24) is 5.32 Å². The van der Waals surface area contributed by atoms with Crippen LogP contribution in [0.1, 0.15) is 24.0 Å². The predicted molar refractivity (Wildman–Crippen MR) is 73.6 cm³/mol. The first kappa shape index (κ1) is 13.7. The zero-order valence-corrected chi connectivity index (χ0v) is 11.3. The van der Waals surface area contributed by atoms with Gasteiger partial charge in [0.05, 0.1) is 0 Å².